The molecule has 7 nitrogen and oxygen atoms in total. The summed E-state index contributed by atoms with van der Waals surface area (Å²) < 4.78 is 5.57. The molecule has 148 valence electrons. The first-order chi connectivity index (χ1) is 13.7. The number of ether oxygens (including phenoxy) is 1. The molecule has 2 saturated heterocycles. The van der Waals surface area contributed by atoms with Crippen LogP contribution in [-0.4, -0.2) is 66.3 Å². The average Bonchev–Trinajstić information content (AvgIpc) is 3.26. The fourth-order valence-electron chi connectivity index (χ4n) is 3.78. The summed E-state index contributed by atoms with van der Waals surface area (Å²) in [5.74, 6) is 0.910. The molecule has 7 heteroatoms. The van der Waals surface area contributed by atoms with Crippen LogP contribution in [0.2, 0.25) is 0 Å². The number of hydrogen-bond acceptors (Lipinski definition) is 5. The predicted molar refractivity (Wildman–Crippen MR) is 108 cm³/mol. The molecule has 1 aromatic heterocycles. The van der Waals surface area contributed by atoms with Crippen LogP contribution in [0, 0.1) is 6.92 Å². The van der Waals surface area contributed by atoms with Crippen molar-refractivity contribution in [3.8, 4) is 11.3 Å². The zero-order valence-corrected chi connectivity index (χ0v) is 16.3. The summed E-state index contributed by atoms with van der Waals surface area (Å²) in [6.07, 6.45) is 3.91. The summed E-state index contributed by atoms with van der Waals surface area (Å²) in [5, 5.41) is 3.00. The van der Waals surface area contributed by atoms with Crippen LogP contribution in [0.5, 0.6) is 0 Å². The van der Waals surface area contributed by atoms with Gasteiger partial charge in [0.1, 0.15) is 12.1 Å². The number of nitrogens with one attached hydrogen (secondary N) is 1. The Morgan fingerprint density at radius 2 is 2.04 bits per heavy atom. The summed E-state index contributed by atoms with van der Waals surface area (Å²) >= 11 is 0. The summed E-state index contributed by atoms with van der Waals surface area (Å²) in [6.45, 7) is 6.38. The maximum atomic E-state index is 12.4. The summed E-state index contributed by atoms with van der Waals surface area (Å²) in [5.41, 5.74) is 3.25. The van der Waals surface area contributed by atoms with Crippen LogP contribution in [0.4, 0.5) is 10.6 Å². The number of anilines is 1. The van der Waals surface area contributed by atoms with Crippen molar-refractivity contribution in [1.29, 1.82) is 0 Å². The molecular formula is C21H27N5O2. The zero-order chi connectivity index (χ0) is 19.3. The van der Waals surface area contributed by atoms with Crippen molar-refractivity contribution >= 4 is 11.8 Å². The Hall–Kier alpha value is -2.67. The molecule has 2 aliphatic heterocycles. The van der Waals surface area contributed by atoms with Gasteiger partial charge in [0.15, 0.2) is 0 Å². The minimum Gasteiger partial charge on any atom is -0.376 e. The van der Waals surface area contributed by atoms with E-state index in [9.17, 15) is 4.79 Å². The lowest BCUT2D eigenvalue weighted by Gasteiger charge is -2.35. The van der Waals surface area contributed by atoms with Gasteiger partial charge in [0.05, 0.1) is 11.8 Å². The molecule has 0 spiro atoms. The SMILES string of the molecule is Cc1ccccc1-c1cc(N2CCN(C(=O)NCC3CCCO3)CC2)ncn1. The lowest BCUT2D eigenvalue weighted by Crippen LogP contribution is -2.52. The van der Waals surface area contributed by atoms with Crippen molar-refractivity contribution in [1.82, 2.24) is 20.2 Å². The summed E-state index contributed by atoms with van der Waals surface area (Å²) in [6, 6.07) is 10.3. The van der Waals surface area contributed by atoms with Crippen LogP contribution in [-0.2, 0) is 4.74 Å². The van der Waals surface area contributed by atoms with Crippen LogP contribution >= 0.6 is 0 Å². The van der Waals surface area contributed by atoms with Crippen molar-refractivity contribution < 1.29 is 9.53 Å². The van der Waals surface area contributed by atoms with Crippen LogP contribution in [0.15, 0.2) is 36.7 Å². The van der Waals surface area contributed by atoms with E-state index in [0.717, 1.165) is 49.6 Å². The Bertz CT molecular complexity index is 814. The molecule has 0 bridgehead atoms. The molecule has 28 heavy (non-hydrogen) atoms. The van der Waals surface area contributed by atoms with Gasteiger partial charge in [-0.3, -0.25) is 0 Å². The van der Waals surface area contributed by atoms with Crippen LogP contribution in [0.1, 0.15) is 18.4 Å². The van der Waals surface area contributed by atoms with E-state index in [0.29, 0.717) is 19.6 Å². The molecular weight excluding hydrogens is 354 g/mol. The molecule has 0 saturated carbocycles. The molecule has 1 unspecified atom stereocenters. The Balaban J connectivity index is 1.34. The van der Waals surface area contributed by atoms with Gasteiger partial charge in [-0.05, 0) is 25.3 Å². The molecule has 1 atom stereocenters. The van der Waals surface area contributed by atoms with Crippen molar-refractivity contribution in [3.05, 3.63) is 42.2 Å². The second kappa shape index (κ2) is 8.56. The minimum atomic E-state index is -0.00145. The lowest BCUT2D eigenvalue weighted by molar-refractivity contribution is 0.108. The first-order valence-electron chi connectivity index (χ1n) is 9.98. The zero-order valence-electron chi connectivity index (χ0n) is 16.3. The van der Waals surface area contributed by atoms with Crippen LogP contribution < -0.4 is 10.2 Å². The molecule has 2 amide bonds. The fourth-order valence-corrected chi connectivity index (χ4v) is 3.78. The Labute approximate surface area is 165 Å². The van der Waals surface area contributed by atoms with Crippen molar-refractivity contribution in [3.63, 3.8) is 0 Å². The predicted octanol–water partition coefficient (Wildman–Crippen LogP) is 2.46. The van der Waals surface area contributed by atoms with Gasteiger partial charge in [0, 0.05) is 51.0 Å². The number of amides is 2. The van der Waals surface area contributed by atoms with Gasteiger partial charge >= 0.3 is 6.03 Å². The first-order valence-corrected chi connectivity index (χ1v) is 9.98. The molecule has 3 heterocycles. The molecule has 2 aliphatic rings. The number of piperazine rings is 1. The fraction of sp³-hybridized carbons (Fsp3) is 0.476. The van der Waals surface area contributed by atoms with Crippen molar-refractivity contribution in [2.75, 3.05) is 44.2 Å². The highest BCUT2D eigenvalue weighted by Crippen LogP contribution is 2.24. The number of aryl methyl sites for hydroxylation is 1. The molecule has 1 N–H and O–H groups in total. The number of hydrogen-bond donors (Lipinski definition) is 1. The minimum absolute atomic E-state index is 0.00145. The van der Waals surface area contributed by atoms with E-state index in [-0.39, 0.29) is 12.1 Å². The van der Waals surface area contributed by atoms with E-state index in [1.807, 2.05) is 23.1 Å². The highest BCUT2D eigenvalue weighted by Gasteiger charge is 2.23. The number of nitrogens with zero attached hydrogens (tertiary/aromatic N) is 4. The third-order valence-electron chi connectivity index (χ3n) is 5.47. The van der Waals surface area contributed by atoms with E-state index in [4.69, 9.17) is 4.74 Å². The number of urea groups is 1. The second-order valence-corrected chi connectivity index (χ2v) is 7.37. The largest absolute Gasteiger partial charge is 0.376 e. The number of carbonyl (C=O) groups is 1. The van der Waals surface area contributed by atoms with Gasteiger partial charge in [-0.1, -0.05) is 24.3 Å². The maximum absolute atomic E-state index is 12.4. The van der Waals surface area contributed by atoms with E-state index in [1.54, 1.807) is 6.33 Å². The van der Waals surface area contributed by atoms with Gasteiger partial charge in [-0.25, -0.2) is 14.8 Å². The molecule has 4 rings (SSSR count). The topological polar surface area (TPSA) is 70.6 Å². The molecule has 0 aliphatic carbocycles. The summed E-state index contributed by atoms with van der Waals surface area (Å²) in [4.78, 5) is 25.4. The van der Waals surface area contributed by atoms with Gasteiger partial charge < -0.3 is 19.9 Å². The Morgan fingerprint density at radius 1 is 1.21 bits per heavy atom. The Morgan fingerprint density at radius 3 is 2.79 bits per heavy atom. The van der Waals surface area contributed by atoms with Gasteiger partial charge in [-0.2, -0.15) is 0 Å². The number of rotatable bonds is 4. The van der Waals surface area contributed by atoms with E-state index < -0.39 is 0 Å². The third-order valence-corrected chi connectivity index (χ3v) is 5.47. The van der Waals surface area contributed by atoms with Crippen LogP contribution in [0.3, 0.4) is 0 Å². The molecule has 2 aromatic rings. The number of benzene rings is 1. The molecule has 2 fully saturated rings. The summed E-state index contributed by atoms with van der Waals surface area (Å²) in [7, 11) is 0. The number of carbonyl (C=O) groups excluding carboxylic acids is 1. The van der Waals surface area contributed by atoms with Crippen molar-refractivity contribution in [2.45, 2.75) is 25.9 Å². The quantitative estimate of drug-likeness (QED) is 0.881. The highest BCUT2D eigenvalue weighted by molar-refractivity contribution is 5.74. The van der Waals surface area contributed by atoms with E-state index in [2.05, 4.69) is 39.2 Å². The maximum Gasteiger partial charge on any atom is 0.317 e. The third kappa shape index (κ3) is 4.25. The Kier molecular flexibility index (Phi) is 5.71. The molecule has 0 radical (unpaired) electrons. The smallest absolute Gasteiger partial charge is 0.317 e. The van der Waals surface area contributed by atoms with Gasteiger partial charge in [-0.15, -0.1) is 0 Å². The highest BCUT2D eigenvalue weighted by atomic mass is 16.5. The average molecular weight is 381 g/mol. The lowest BCUT2D eigenvalue weighted by atomic mass is 10.1. The van der Waals surface area contributed by atoms with Crippen LogP contribution in [0.25, 0.3) is 11.3 Å². The standard InChI is InChI=1S/C21H27N5O2/c1-16-5-2-3-7-18(16)19-13-20(24-15-23-19)25-8-10-26(11-9-25)21(27)22-14-17-6-4-12-28-17/h2-3,5,7,13,15,17H,4,6,8-12,14H2,1H3,(H,22,27). The van der Waals surface area contributed by atoms with E-state index >= 15 is 0 Å². The monoisotopic (exact) mass is 381 g/mol. The first kappa shape index (κ1) is 18.7. The normalized spacial score (nSPS) is 19.7. The van der Waals surface area contributed by atoms with Crippen molar-refractivity contribution in [2.24, 2.45) is 0 Å². The van der Waals surface area contributed by atoms with E-state index in [1.165, 1.54) is 5.56 Å². The number of aromatic nitrogens is 2. The van der Waals surface area contributed by atoms with Gasteiger partial charge in [0.2, 0.25) is 0 Å². The second-order valence-electron chi connectivity index (χ2n) is 7.37. The van der Waals surface area contributed by atoms with Gasteiger partial charge in [0.25, 0.3) is 0 Å². The molecule has 1 aromatic carbocycles.